The maximum Gasteiger partial charge on any atom is 0.257 e. The topological polar surface area (TPSA) is 67.2 Å². The van der Waals surface area contributed by atoms with Crippen LogP contribution in [0.1, 0.15) is 42.7 Å². The number of nitrogens with zero attached hydrogens (tertiary/aromatic N) is 3. The number of carbonyl (C=O) groups excluding carboxylic acids is 1. The fourth-order valence-corrected chi connectivity index (χ4v) is 3.61. The number of hydrogen-bond donors (Lipinski definition) is 1. The lowest BCUT2D eigenvalue weighted by atomic mass is 9.88. The number of aromatic nitrogens is 2. The third-order valence-corrected chi connectivity index (χ3v) is 4.60. The maximum absolute atomic E-state index is 12.2. The van der Waals surface area contributed by atoms with Crippen molar-refractivity contribution in [3.05, 3.63) is 52.8 Å². The van der Waals surface area contributed by atoms with Gasteiger partial charge in [-0.3, -0.25) is 20.1 Å². The Morgan fingerprint density at radius 2 is 2.00 bits per heavy atom. The van der Waals surface area contributed by atoms with Crippen LogP contribution in [-0.4, -0.2) is 27.6 Å². The highest BCUT2D eigenvalue weighted by atomic mass is 32.1. The van der Waals surface area contributed by atoms with E-state index in [4.69, 9.17) is 0 Å². The van der Waals surface area contributed by atoms with Crippen molar-refractivity contribution in [3.8, 4) is 0 Å². The van der Waals surface area contributed by atoms with Gasteiger partial charge in [0, 0.05) is 35.0 Å². The third kappa shape index (κ3) is 3.37. The summed E-state index contributed by atoms with van der Waals surface area (Å²) in [6, 6.07) is 3.51. The van der Waals surface area contributed by atoms with Crippen molar-refractivity contribution in [2.45, 2.75) is 32.7 Å². The molecule has 2 aromatic rings. The number of dihydropyridines is 1. The zero-order chi connectivity index (χ0) is 16.4. The molecule has 1 N–H and O–H groups in total. The molecule has 0 spiro atoms. The summed E-state index contributed by atoms with van der Waals surface area (Å²) in [5.41, 5.74) is 3.83. The Kier molecular flexibility index (Phi) is 4.34. The molecular weight excluding hydrogens is 308 g/mol. The zero-order valence-corrected chi connectivity index (χ0v) is 14.1. The number of allylic oxidation sites excluding steroid dienone is 1. The Labute approximate surface area is 139 Å². The van der Waals surface area contributed by atoms with E-state index >= 15 is 0 Å². The van der Waals surface area contributed by atoms with Crippen LogP contribution in [-0.2, 0) is 0 Å². The lowest BCUT2D eigenvalue weighted by Crippen LogP contribution is -2.20. The average Bonchev–Trinajstić information content (AvgIpc) is 2.95. The van der Waals surface area contributed by atoms with Gasteiger partial charge in [0.15, 0.2) is 5.13 Å². The lowest BCUT2D eigenvalue weighted by Gasteiger charge is -2.24. The molecule has 2 atom stereocenters. The van der Waals surface area contributed by atoms with Crippen LogP contribution in [0.4, 0.5) is 5.13 Å². The molecule has 3 rings (SSSR count). The molecule has 0 fully saturated rings. The molecule has 6 heteroatoms. The summed E-state index contributed by atoms with van der Waals surface area (Å²) < 4.78 is 0. The SMILES string of the molecule is CC1=CC(C)=NC(C)C1c1csc(NC(=O)c2ccncc2)n1. The highest BCUT2D eigenvalue weighted by Crippen LogP contribution is 2.34. The number of pyridine rings is 1. The van der Waals surface area contributed by atoms with E-state index in [-0.39, 0.29) is 17.9 Å². The van der Waals surface area contributed by atoms with Crippen LogP contribution in [0.25, 0.3) is 0 Å². The number of anilines is 1. The summed E-state index contributed by atoms with van der Waals surface area (Å²) in [5, 5.41) is 5.44. The molecule has 0 saturated carbocycles. The number of hydrogen-bond acceptors (Lipinski definition) is 5. The standard InChI is InChI=1S/C17H18N4OS/c1-10-8-11(2)19-12(3)15(10)14-9-23-17(20-14)21-16(22)13-4-6-18-7-5-13/h4-9,12,15H,1-3H3,(H,20,21,22). The number of aliphatic imine (C=N–C) groups is 1. The first-order valence-electron chi connectivity index (χ1n) is 7.44. The number of rotatable bonds is 3. The average molecular weight is 326 g/mol. The Balaban J connectivity index is 1.76. The largest absolute Gasteiger partial charge is 0.298 e. The highest BCUT2D eigenvalue weighted by Gasteiger charge is 2.26. The first kappa shape index (κ1) is 15.6. The third-order valence-electron chi connectivity index (χ3n) is 3.82. The van der Waals surface area contributed by atoms with Crippen molar-refractivity contribution < 1.29 is 4.79 Å². The molecule has 1 aliphatic heterocycles. The van der Waals surface area contributed by atoms with Crippen LogP contribution in [0.5, 0.6) is 0 Å². The number of amides is 1. The molecule has 23 heavy (non-hydrogen) atoms. The van der Waals surface area contributed by atoms with E-state index in [1.54, 1.807) is 24.5 Å². The molecule has 2 unspecified atom stereocenters. The molecule has 3 heterocycles. The van der Waals surface area contributed by atoms with Crippen molar-refractivity contribution in [2.24, 2.45) is 4.99 Å². The maximum atomic E-state index is 12.2. The quantitative estimate of drug-likeness (QED) is 0.935. The number of carbonyl (C=O) groups is 1. The summed E-state index contributed by atoms with van der Waals surface area (Å²) >= 11 is 1.44. The lowest BCUT2D eigenvalue weighted by molar-refractivity contribution is 0.102. The van der Waals surface area contributed by atoms with Gasteiger partial charge in [-0.1, -0.05) is 5.57 Å². The molecular formula is C17H18N4OS. The number of thiazole rings is 1. The molecule has 0 radical (unpaired) electrons. The molecule has 0 aromatic carbocycles. The smallest absolute Gasteiger partial charge is 0.257 e. The van der Waals surface area contributed by atoms with Crippen LogP contribution in [0, 0.1) is 0 Å². The van der Waals surface area contributed by atoms with E-state index < -0.39 is 0 Å². The van der Waals surface area contributed by atoms with E-state index in [0.717, 1.165) is 11.4 Å². The molecule has 118 valence electrons. The van der Waals surface area contributed by atoms with Crippen LogP contribution >= 0.6 is 11.3 Å². The van der Waals surface area contributed by atoms with Crippen LogP contribution in [0.2, 0.25) is 0 Å². The molecule has 5 nitrogen and oxygen atoms in total. The van der Waals surface area contributed by atoms with E-state index in [9.17, 15) is 4.79 Å². The second-order valence-electron chi connectivity index (χ2n) is 5.64. The van der Waals surface area contributed by atoms with Crippen molar-refractivity contribution in [1.82, 2.24) is 9.97 Å². The normalized spacial score (nSPS) is 20.7. The van der Waals surface area contributed by atoms with E-state index in [2.05, 4.69) is 40.2 Å². The van der Waals surface area contributed by atoms with Gasteiger partial charge >= 0.3 is 0 Å². The first-order chi connectivity index (χ1) is 11.0. The predicted octanol–water partition coefficient (Wildman–Crippen LogP) is 3.68. The Bertz CT molecular complexity index is 779. The Morgan fingerprint density at radius 1 is 1.26 bits per heavy atom. The van der Waals surface area contributed by atoms with Gasteiger partial charge in [0.1, 0.15) is 0 Å². The van der Waals surface area contributed by atoms with Crippen molar-refractivity contribution in [3.63, 3.8) is 0 Å². The molecule has 1 amide bonds. The molecule has 0 bridgehead atoms. The van der Waals surface area contributed by atoms with Gasteiger partial charge in [0.25, 0.3) is 5.91 Å². The zero-order valence-electron chi connectivity index (χ0n) is 13.3. The van der Waals surface area contributed by atoms with E-state index in [1.165, 1.54) is 16.9 Å². The Hall–Kier alpha value is -2.34. The van der Waals surface area contributed by atoms with Gasteiger partial charge in [0.05, 0.1) is 11.7 Å². The molecule has 2 aromatic heterocycles. The monoisotopic (exact) mass is 326 g/mol. The van der Waals surface area contributed by atoms with Gasteiger partial charge in [-0.2, -0.15) is 0 Å². The first-order valence-corrected chi connectivity index (χ1v) is 8.32. The summed E-state index contributed by atoms with van der Waals surface area (Å²) in [6.07, 6.45) is 5.29. The summed E-state index contributed by atoms with van der Waals surface area (Å²) in [7, 11) is 0. The van der Waals surface area contributed by atoms with E-state index in [1.807, 2.05) is 12.3 Å². The molecule has 0 saturated heterocycles. The highest BCUT2D eigenvalue weighted by molar-refractivity contribution is 7.14. The second-order valence-corrected chi connectivity index (χ2v) is 6.50. The fourth-order valence-electron chi connectivity index (χ4n) is 2.87. The van der Waals surface area contributed by atoms with Crippen molar-refractivity contribution >= 4 is 28.1 Å². The van der Waals surface area contributed by atoms with Gasteiger partial charge in [-0.25, -0.2) is 4.98 Å². The minimum atomic E-state index is -0.175. The second kappa shape index (κ2) is 6.42. The van der Waals surface area contributed by atoms with Crippen LogP contribution in [0.3, 0.4) is 0 Å². The predicted molar refractivity (Wildman–Crippen MR) is 93.4 cm³/mol. The van der Waals surface area contributed by atoms with E-state index in [0.29, 0.717) is 10.7 Å². The van der Waals surface area contributed by atoms with Gasteiger partial charge in [-0.05, 0) is 39.0 Å². The van der Waals surface area contributed by atoms with Crippen molar-refractivity contribution in [2.75, 3.05) is 5.32 Å². The summed E-state index contributed by atoms with van der Waals surface area (Å²) in [5.74, 6) is -0.00681. The number of nitrogens with one attached hydrogen (secondary N) is 1. The van der Waals surface area contributed by atoms with Gasteiger partial charge < -0.3 is 0 Å². The minimum Gasteiger partial charge on any atom is -0.298 e. The van der Waals surface area contributed by atoms with Gasteiger partial charge in [-0.15, -0.1) is 11.3 Å². The molecule has 1 aliphatic rings. The summed E-state index contributed by atoms with van der Waals surface area (Å²) in [4.78, 5) is 25.3. The van der Waals surface area contributed by atoms with Gasteiger partial charge in [0.2, 0.25) is 0 Å². The minimum absolute atomic E-state index is 0.158. The van der Waals surface area contributed by atoms with Crippen LogP contribution < -0.4 is 5.32 Å². The van der Waals surface area contributed by atoms with Crippen LogP contribution in [0.15, 0.2) is 46.5 Å². The summed E-state index contributed by atoms with van der Waals surface area (Å²) in [6.45, 7) is 6.21. The van der Waals surface area contributed by atoms with Crippen molar-refractivity contribution in [1.29, 1.82) is 0 Å². The fraction of sp³-hybridized carbons (Fsp3) is 0.294. The Morgan fingerprint density at radius 3 is 2.70 bits per heavy atom. The molecule has 0 aliphatic carbocycles.